The van der Waals surface area contributed by atoms with Crippen LogP contribution < -0.4 is 5.73 Å². The van der Waals surface area contributed by atoms with E-state index in [1.54, 1.807) is 0 Å². The molecule has 2 atom stereocenters. The number of rotatable bonds is 4. The summed E-state index contributed by atoms with van der Waals surface area (Å²) < 4.78 is 0. The second kappa shape index (κ2) is 4.76. The molecule has 0 aromatic rings. The highest BCUT2D eigenvalue weighted by Crippen LogP contribution is 2.34. The van der Waals surface area contributed by atoms with Crippen molar-refractivity contribution >= 4 is 0 Å². The Morgan fingerprint density at radius 3 is 2.64 bits per heavy atom. The average Bonchev–Trinajstić information content (AvgIpc) is 2.47. The Morgan fingerprint density at radius 1 is 1.27 bits per heavy atom. The minimum atomic E-state index is 0.863. The molecule has 1 aliphatic carbocycles. The fourth-order valence-corrected chi connectivity index (χ4v) is 2.27. The van der Waals surface area contributed by atoms with Gasteiger partial charge in [0, 0.05) is 0 Å². The highest BCUT2D eigenvalue weighted by atomic mass is 14.6. The Bertz CT molecular complexity index is 101. The summed E-state index contributed by atoms with van der Waals surface area (Å²) in [7, 11) is 0. The van der Waals surface area contributed by atoms with E-state index in [9.17, 15) is 0 Å². The Morgan fingerprint density at radius 2 is 2.00 bits per heavy atom. The Hall–Kier alpha value is -0.0400. The fourth-order valence-electron chi connectivity index (χ4n) is 2.27. The third-order valence-corrected chi connectivity index (χ3v) is 3.05. The fraction of sp³-hybridized carbons (Fsp3) is 1.00. The van der Waals surface area contributed by atoms with Gasteiger partial charge in [0.2, 0.25) is 0 Å². The predicted octanol–water partition coefficient (Wildman–Crippen LogP) is 2.55. The SMILES string of the molecule is CCCCC1CCCC1CN. The Balaban J connectivity index is 2.20. The lowest BCUT2D eigenvalue weighted by atomic mass is 9.91. The van der Waals surface area contributed by atoms with E-state index in [0.717, 1.165) is 18.4 Å². The van der Waals surface area contributed by atoms with Gasteiger partial charge in [-0.1, -0.05) is 39.0 Å². The maximum absolute atomic E-state index is 5.70. The van der Waals surface area contributed by atoms with Gasteiger partial charge in [0.25, 0.3) is 0 Å². The molecule has 1 heteroatoms. The van der Waals surface area contributed by atoms with Gasteiger partial charge >= 0.3 is 0 Å². The number of unbranched alkanes of at least 4 members (excludes halogenated alkanes) is 1. The van der Waals surface area contributed by atoms with Crippen LogP contribution in [0.15, 0.2) is 0 Å². The van der Waals surface area contributed by atoms with Gasteiger partial charge in [0.05, 0.1) is 0 Å². The first kappa shape index (κ1) is 9.05. The van der Waals surface area contributed by atoms with Crippen molar-refractivity contribution < 1.29 is 0 Å². The molecule has 11 heavy (non-hydrogen) atoms. The van der Waals surface area contributed by atoms with Crippen LogP contribution in [0, 0.1) is 11.8 Å². The summed E-state index contributed by atoms with van der Waals surface area (Å²) >= 11 is 0. The van der Waals surface area contributed by atoms with Crippen LogP contribution in [0.2, 0.25) is 0 Å². The minimum Gasteiger partial charge on any atom is -0.330 e. The zero-order chi connectivity index (χ0) is 8.10. The number of hydrogen-bond acceptors (Lipinski definition) is 1. The van der Waals surface area contributed by atoms with Crippen molar-refractivity contribution in [3.8, 4) is 0 Å². The zero-order valence-electron chi connectivity index (χ0n) is 7.68. The van der Waals surface area contributed by atoms with Crippen molar-refractivity contribution in [3.05, 3.63) is 0 Å². The monoisotopic (exact) mass is 155 g/mol. The molecule has 0 bridgehead atoms. The number of nitrogens with two attached hydrogens (primary N) is 1. The van der Waals surface area contributed by atoms with Crippen molar-refractivity contribution in [1.82, 2.24) is 0 Å². The molecule has 0 aromatic heterocycles. The average molecular weight is 155 g/mol. The van der Waals surface area contributed by atoms with E-state index in [4.69, 9.17) is 5.73 Å². The molecular weight excluding hydrogens is 134 g/mol. The Labute approximate surface area is 70.4 Å². The van der Waals surface area contributed by atoms with Crippen LogP contribution in [0.25, 0.3) is 0 Å². The summed E-state index contributed by atoms with van der Waals surface area (Å²) in [5.41, 5.74) is 5.70. The standard InChI is InChI=1S/C10H21N/c1-2-3-5-9-6-4-7-10(9)8-11/h9-10H,2-8,11H2,1H3. The summed E-state index contributed by atoms with van der Waals surface area (Å²) in [5, 5.41) is 0. The molecule has 0 radical (unpaired) electrons. The summed E-state index contributed by atoms with van der Waals surface area (Å²) in [5.74, 6) is 1.83. The van der Waals surface area contributed by atoms with E-state index in [-0.39, 0.29) is 0 Å². The molecule has 0 saturated heterocycles. The molecule has 0 aliphatic heterocycles. The van der Waals surface area contributed by atoms with Crippen molar-refractivity contribution in [2.75, 3.05) is 6.54 Å². The largest absolute Gasteiger partial charge is 0.330 e. The summed E-state index contributed by atoms with van der Waals surface area (Å²) in [4.78, 5) is 0. The molecule has 1 nitrogen and oxygen atoms in total. The molecule has 0 spiro atoms. The molecule has 1 rings (SSSR count). The molecule has 0 amide bonds. The van der Waals surface area contributed by atoms with E-state index in [2.05, 4.69) is 6.92 Å². The molecule has 0 heterocycles. The Kier molecular flexibility index (Phi) is 3.92. The molecule has 1 saturated carbocycles. The van der Waals surface area contributed by atoms with E-state index >= 15 is 0 Å². The maximum atomic E-state index is 5.70. The second-order valence-electron chi connectivity index (χ2n) is 3.83. The van der Waals surface area contributed by atoms with E-state index in [1.807, 2.05) is 0 Å². The first-order valence-electron chi connectivity index (χ1n) is 5.08. The van der Waals surface area contributed by atoms with Crippen LogP contribution in [0.4, 0.5) is 0 Å². The molecular formula is C10H21N. The quantitative estimate of drug-likeness (QED) is 0.663. The summed E-state index contributed by atoms with van der Waals surface area (Å²) in [6.07, 6.45) is 8.44. The zero-order valence-corrected chi connectivity index (χ0v) is 7.68. The summed E-state index contributed by atoms with van der Waals surface area (Å²) in [6.45, 7) is 3.20. The smallest absolute Gasteiger partial charge is 0.00462 e. The highest BCUT2D eigenvalue weighted by Gasteiger charge is 2.24. The van der Waals surface area contributed by atoms with Crippen LogP contribution in [0.3, 0.4) is 0 Å². The van der Waals surface area contributed by atoms with Crippen molar-refractivity contribution in [2.24, 2.45) is 17.6 Å². The van der Waals surface area contributed by atoms with Crippen molar-refractivity contribution in [2.45, 2.75) is 45.4 Å². The first-order valence-corrected chi connectivity index (χ1v) is 5.08. The minimum absolute atomic E-state index is 0.863. The van der Waals surface area contributed by atoms with Gasteiger partial charge in [-0.2, -0.15) is 0 Å². The van der Waals surface area contributed by atoms with Crippen LogP contribution in [0.5, 0.6) is 0 Å². The molecule has 1 aliphatic rings. The maximum Gasteiger partial charge on any atom is -0.00462 e. The lowest BCUT2D eigenvalue weighted by molar-refractivity contribution is 0.362. The molecule has 0 aromatic carbocycles. The van der Waals surface area contributed by atoms with Crippen molar-refractivity contribution in [3.63, 3.8) is 0 Å². The summed E-state index contributed by atoms with van der Waals surface area (Å²) in [6, 6.07) is 0. The van der Waals surface area contributed by atoms with Crippen LogP contribution in [-0.4, -0.2) is 6.54 Å². The third kappa shape index (κ3) is 2.48. The molecule has 2 N–H and O–H groups in total. The van der Waals surface area contributed by atoms with Crippen LogP contribution >= 0.6 is 0 Å². The van der Waals surface area contributed by atoms with Gasteiger partial charge in [0.1, 0.15) is 0 Å². The lowest BCUT2D eigenvalue weighted by Crippen LogP contribution is -2.18. The first-order chi connectivity index (χ1) is 5.38. The lowest BCUT2D eigenvalue weighted by Gasteiger charge is -2.16. The molecule has 66 valence electrons. The van der Waals surface area contributed by atoms with Gasteiger partial charge in [-0.25, -0.2) is 0 Å². The van der Waals surface area contributed by atoms with E-state index < -0.39 is 0 Å². The van der Waals surface area contributed by atoms with Gasteiger partial charge in [-0.15, -0.1) is 0 Å². The van der Waals surface area contributed by atoms with Gasteiger partial charge < -0.3 is 5.73 Å². The topological polar surface area (TPSA) is 26.0 Å². The second-order valence-corrected chi connectivity index (χ2v) is 3.83. The van der Waals surface area contributed by atoms with Crippen molar-refractivity contribution in [1.29, 1.82) is 0 Å². The molecule has 2 unspecified atom stereocenters. The number of hydrogen-bond donors (Lipinski definition) is 1. The molecule has 1 fully saturated rings. The van der Waals surface area contributed by atoms with E-state index in [0.29, 0.717) is 0 Å². The van der Waals surface area contributed by atoms with Crippen LogP contribution in [0.1, 0.15) is 45.4 Å². The van der Waals surface area contributed by atoms with E-state index in [1.165, 1.54) is 38.5 Å². The van der Waals surface area contributed by atoms with Crippen LogP contribution in [-0.2, 0) is 0 Å². The normalized spacial score (nSPS) is 31.1. The third-order valence-electron chi connectivity index (χ3n) is 3.05. The van der Waals surface area contributed by atoms with Gasteiger partial charge in [-0.05, 0) is 24.8 Å². The van der Waals surface area contributed by atoms with Gasteiger partial charge in [-0.3, -0.25) is 0 Å². The predicted molar refractivity (Wildman–Crippen MR) is 49.4 cm³/mol. The highest BCUT2D eigenvalue weighted by molar-refractivity contribution is 4.77. The van der Waals surface area contributed by atoms with Gasteiger partial charge in [0.15, 0.2) is 0 Å².